The van der Waals surface area contributed by atoms with Gasteiger partial charge in [0.15, 0.2) is 0 Å². The maximum absolute atomic E-state index is 5.57. The summed E-state index contributed by atoms with van der Waals surface area (Å²) in [5.74, 6) is 0. The van der Waals surface area contributed by atoms with E-state index in [4.69, 9.17) is 12.2 Å². The summed E-state index contributed by atoms with van der Waals surface area (Å²) in [7, 11) is 1.90. The Labute approximate surface area is 204 Å². The van der Waals surface area contributed by atoms with Crippen LogP contribution in [-0.4, -0.2) is 12.0 Å². The Morgan fingerprint density at radius 3 is 1.45 bits per heavy atom. The van der Waals surface area contributed by atoms with Crippen LogP contribution in [0, 0.1) is 0 Å². The zero-order chi connectivity index (χ0) is 21.7. The van der Waals surface area contributed by atoms with E-state index in [1.54, 1.807) is 11.8 Å². The first-order chi connectivity index (χ1) is 15.0. The molecule has 1 nitrogen and oxygen atoms in total. The highest BCUT2D eigenvalue weighted by atomic mass is 32.2. The van der Waals surface area contributed by atoms with Gasteiger partial charge < -0.3 is 5.32 Å². The molecule has 0 amide bonds. The topological polar surface area (TPSA) is 12.0 Å². The van der Waals surface area contributed by atoms with Crippen molar-refractivity contribution in [1.29, 1.82) is 0 Å². The fraction of sp³-hybridized carbons (Fsp3) is 0.160. The van der Waals surface area contributed by atoms with Crippen LogP contribution in [0.1, 0.15) is 20.8 Å². The van der Waals surface area contributed by atoms with Crippen molar-refractivity contribution in [1.82, 2.24) is 5.32 Å². The molecule has 0 aliphatic carbocycles. The first-order valence-corrected chi connectivity index (χ1v) is 13.7. The van der Waals surface area contributed by atoms with Crippen LogP contribution in [0.5, 0.6) is 0 Å². The molecule has 0 atom stereocenters. The van der Waals surface area contributed by atoms with E-state index in [1.165, 1.54) is 60.1 Å². The van der Waals surface area contributed by atoms with Crippen molar-refractivity contribution in [3.63, 3.8) is 0 Å². The molecule has 0 saturated heterocycles. The van der Waals surface area contributed by atoms with E-state index < -0.39 is 0 Å². The van der Waals surface area contributed by atoms with Crippen molar-refractivity contribution >= 4 is 94.3 Å². The SMILES string of the molecule is CNC(=S)C1=C(C)SC(=c2c3ccccc3c(=C3SC(C)=C(C)S3)c3ccccc23)S1. The van der Waals surface area contributed by atoms with Crippen LogP contribution in [-0.2, 0) is 0 Å². The summed E-state index contributed by atoms with van der Waals surface area (Å²) in [5.41, 5.74) is 0. The molecular weight excluding hydrogens is 475 g/mol. The summed E-state index contributed by atoms with van der Waals surface area (Å²) < 4.78 is 2.70. The minimum Gasteiger partial charge on any atom is -0.378 e. The Kier molecular flexibility index (Phi) is 5.95. The number of thiocarbonyl (C=S) groups is 1. The Hall–Kier alpha value is -1.31. The van der Waals surface area contributed by atoms with Gasteiger partial charge in [0.05, 0.1) is 13.4 Å². The molecule has 3 aromatic rings. The van der Waals surface area contributed by atoms with Gasteiger partial charge in [0.25, 0.3) is 0 Å². The van der Waals surface area contributed by atoms with Crippen molar-refractivity contribution in [3.05, 3.63) is 78.6 Å². The normalized spacial score (nSPS) is 16.9. The number of rotatable bonds is 1. The van der Waals surface area contributed by atoms with Crippen LogP contribution in [0.2, 0.25) is 0 Å². The molecule has 6 heteroatoms. The van der Waals surface area contributed by atoms with Gasteiger partial charge in [-0.3, -0.25) is 0 Å². The maximum atomic E-state index is 5.57. The molecule has 0 bridgehead atoms. The molecule has 2 heterocycles. The molecule has 1 N–H and O–H groups in total. The molecule has 2 aliphatic heterocycles. The van der Waals surface area contributed by atoms with Gasteiger partial charge in [0.2, 0.25) is 0 Å². The van der Waals surface area contributed by atoms with Gasteiger partial charge in [-0.1, -0.05) is 108 Å². The van der Waals surface area contributed by atoms with E-state index in [0.717, 1.165) is 4.99 Å². The monoisotopic (exact) mass is 495 g/mol. The number of fused-ring (bicyclic) bond motifs is 2. The standard InChI is InChI=1S/C25H21NS5/c1-13-14(2)29-24(28-13)20-16-9-5-7-11-18(16)21(19-12-8-6-10-17(19)20)25-30-15(3)22(31-25)23(27)26-4/h5-12H,1-4H3,(H,26,27). The quantitative estimate of drug-likeness (QED) is 0.283. The van der Waals surface area contributed by atoms with E-state index in [1.807, 2.05) is 42.3 Å². The first-order valence-electron chi connectivity index (χ1n) is 9.99. The third kappa shape index (κ3) is 3.66. The van der Waals surface area contributed by atoms with Gasteiger partial charge in [-0.05, 0) is 52.1 Å². The smallest absolute Gasteiger partial charge is 0.113 e. The Bertz CT molecular complexity index is 1380. The minimum absolute atomic E-state index is 0.821. The number of benzene rings is 3. The van der Waals surface area contributed by atoms with Crippen LogP contribution in [0.25, 0.3) is 30.0 Å². The molecule has 0 fully saturated rings. The predicted octanol–water partition coefficient (Wildman–Crippen LogP) is 7.11. The third-order valence-electron chi connectivity index (χ3n) is 5.52. The zero-order valence-corrected chi connectivity index (χ0v) is 21.7. The highest BCUT2D eigenvalue weighted by molar-refractivity contribution is 8.36. The Balaban J connectivity index is 1.91. The van der Waals surface area contributed by atoms with E-state index in [2.05, 4.69) is 74.6 Å². The first kappa shape index (κ1) is 21.5. The van der Waals surface area contributed by atoms with Crippen molar-refractivity contribution < 1.29 is 0 Å². The lowest BCUT2D eigenvalue weighted by atomic mass is 9.99. The lowest BCUT2D eigenvalue weighted by molar-refractivity contribution is 1.21. The molecule has 2 aliphatic rings. The molecule has 156 valence electrons. The van der Waals surface area contributed by atoms with Crippen LogP contribution >= 0.6 is 59.3 Å². The molecule has 0 aromatic heterocycles. The molecule has 0 saturated carbocycles. The zero-order valence-electron chi connectivity index (χ0n) is 17.7. The third-order valence-corrected chi connectivity index (χ3v) is 11.3. The van der Waals surface area contributed by atoms with Gasteiger partial charge in [0.1, 0.15) is 4.99 Å². The molecule has 3 aromatic carbocycles. The van der Waals surface area contributed by atoms with Gasteiger partial charge in [-0.25, -0.2) is 0 Å². The number of likely N-dealkylation sites (N-methyl/N-ethyl adjacent to an activating group) is 1. The largest absolute Gasteiger partial charge is 0.378 e. The molecular formula is C25H21NS5. The van der Waals surface area contributed by atoms with E-state index >= 15 is 0 Å². The second-order valence-corrected chi connectivity index (χ2v) is 13.0. The lowest BCUT2D eigenvalue weighted by Crippen LogP contribution is -2.17. The fourth-order valence-electron chi connectivity index (χ4n) is 3.91. The summed E-state index contributed by atoms with van der Waals surface area (Å²) in [6, 6.07) is 17.7. The maximum Gasteiger partial charge on any atom is 0.113 e. The van der Waals surface area contributed by atoms with Crippen molar-refractivity contribution in [2.75, 3.05) is 7.05 Å². The van der Waals surface area contributed by atoms with Crippen LogP contribution in [0.4, 0.5) is 0 Å². The van der Waals surface area contributed by atoms with Gasteiger partial charge in [-0.15, -0.1) is 0 Å². The van der Waals surface area contributed by atoms with Crippen molar-refractivity contribution in [3.8, 4) is 0 Å². The number of nitrogens with one attached hydrogen (secondary N) is 1. The van der Waals surface area contributed by atoms with Gasteiger partial charge in [-0.2, -0.15) is 0 Å². The van der Waals surface area contributed by atoms with Gasteiger partial charge >= 0.3 is 0 Å². The number of allylic oxidation sites excluding steroid dienone is 3. The van der Waals surface area contributed by atoms with Crippen LogP contribution in [0.15, 0.2) is 68.2 Å². The highest BCUT2D eigenvalue weighted by Gasteiger charge is 2.24. The highest BCUT2D eigenvalue weighted by Crippen LogP contribution is 2.51. The molecule has 0 unspecified atom stereocenters. The summed E-state index contributed by atoms with van der Waals surface area (Å²) in [4.78, 5) is 6.06. The van der Waals surface area contributed by atoms with Gasteiger partial charge in [0, 0.05) is 22.4 Å². The second-order valence-electron chi connectivity index (χ2n) is 7.40. The summed E-state index contributed by atoms with van der Waals surface area (Å²) in [6.07, 6.45) is 0. The number of thioether (sulfide) groups is 4. The molecule has 0 radical (unpaired) electrons. The molecule has 0 spiro atoms. The Morgan fingerprint density at radius 1 is 0.645 bits per heavy atom. The van der Waals surface area contributed by atoms with E-state index in [-0.39, 0.29) is 0 Å². The summed E-state index contributed by atoms with van der Waals surface area (Å²) >= 11 is 13.0. The van der Waals surface area contributed by atoms with E-state index in [0.29, 0.717) is 0 Å². The fourth-order valence-corrected chi connectivity index (χ4v) is 9.58. The average Bonchev–Trinajstić information content (AvgIpc) is 3.32. The summed E-state index contributed by atoms with van der Waals surface area (Å²) in [5, 5.41) is 11.1. The minimum atomic E-state index is 0.821. The predicted molar refractivity (Wildman–Crippen MR) is 151 cm³/mol. The van der Waals surface area contributed by atoms with Crippen LogP contribution < -0.4 is 15.8 Å². The van der Waals surface area contributed by atoms with Crippen molar-refractivity contribution in [2.24, 2.45) is 0 Å². The average molecular weight is 496 g/mol. The number of hydrogen-bond donors (Lipinski definition) is 1. The van der Waals surface area contributed by atoms with Crippen LogP contribution in [0.3, 0.4) is 0 Å². The van der Waals surface area contributed by atoms with Crippen molar-refractivity contribution in [2.45, 2.75) is 20.8 Å². The number of hydrogen-bond acceptors (Lipinski definition) is 5. The lowest BCUT2D eigenvalue weighted by Gasteiger charge is -2.11. The summed E-state index contributed by atoms with van der Waals surface area (Å²) in [6.45, 7) is 6.61. The second kappa shape index (κ2) is 8.56. The van der Waals surface area contributed by atoms with E-state index in [9.17, 15) is 0 Å². The molecule has 31 heavy (non-hydrogen) atoms. The molecule has 5 rings (SSSR count). The Morgan fingerprint density at radius 2 is 1.03 bits per heavy atom.